The second-order valence-electron chi connectivity index (χ2n) is 7.33. The van der Waals surface area contributed by atoms with Gasteiger partial charge in [0.15, 0.2) is 0 Å². The minimum atomic E-state index is -3.56. The lowest BCUT2D eigenvalue weighted by Crippen LogP contribution is -2.36. The van der Waals surface area contributed by atoms with Gasteiger partial charge in [-0.25, -0.2) is 8.42 Å². The van der Waals surface area contributed by atoms with Crippen molar-refractivity contribution in [2.45, 2.75) is 24.2 Å². The predicted octanol–water partition coefficient (Wildman–Crippen LogP) is 3.88. The van der Waals surface area contributed by atoms with Crippen molar-refractivity contribution in [1.82, 2.24) is 9.21 Å². The third-order valence-corrected chi connectivity index (χ3v) is 7.64. The smallest absolute Gasteiger partial charge is 0.254 e. The standard InChI is InChI=1S/C21H23Cl2N3O4S/c1-25(14-20(27)24-16-7-10-18(22)19(23)13-16)21(28)15-5-8-17(9-6-15)31(29,30)26-11-3-2-4-12-26/h5-10,13H,2-4,11-12,14H2,1H3,(H,24,27). The van der Waals surface area contributed by atoms with Crippen LogP contribution in [0.4, 0.5) is 5.69 Å². The fourth-order valence-electron chi connectivity index (χ4n) is 3.31. The summed E-state index contributed by atoms with van der Waals surface area (Å²) in [6.07, 6.45) is 2.74. The molecule has 0 bridgehead atoms. The van der Waals surface area contributed by atoms with Crippen molar-refractivity contribution < 1.29 is 18.0 Å². The van der Waals surface area contributed by atoms with Gasteiger partial charge in [-0.2, -0.15) is 4.31 Å². The van der Waals surface area contributed by atoms with Crippen LogP contribution in [0.5, 0.6) is 0 Å². The number of benzene rings is 2. The first kappa shape index (κ1) is 23.5. The lowest BCUT2D eigenvalue weighted by Gasteiger charge is -2.26. The number of nitrogens with one attached hydrogen (secondary N) is 1. The topological polar surface area (TPSA) is 86.8 Å². The summed E-state index contributed by atoms with van der Waals surface area (Å²) in [7, 11) is -2.07. The van der Waals surface area contributed by atoms with Crippen LogP contribution in [0.15, 0.2) is 47.4 Å². The van der Waals surface area contributed by atoms with Crippen LogP contribution in [0.3, 0.4) is 0 Å². The summed E-state index contributed by atoms with van der Waals surface area (Å²) >= 11 is 11.8. The maximum Gasteiger partial charge on any atom is 0.254 e. The molecule has 1 fully saturated rings. The summed E-state index contributed by atoms with van der Waals surface area (Å²) < 4.78 is 26.9. The van der Waals surface area contributed by atoms with Crippen molar-refractivity contribution in [3.63, 3.8) is 0 Å². The number of piperidine rings is 1. The minimum Gasteiger partial charge on any atom is -0.332 e. The molecule has 7 nitrogen and oxygen atoms in total. The van der Waals surface area contributed by atoms with Gasteiger partial charge in [-0.05, 0) is 55.3 Å². The van der Waals surface area contributed by atoms with E-state index in [2.05, 4.69) is 5.32 Å². The van der Waals surface area contributed by atoms with Gasteiger partial charge in [0.2, 0.25) is 15.9 Å². The van der Waals surface area contributed by atoms with E-state index in [1.54, 1.807) is 12.1 Å². The monoisotopic (exact) mass is 483 g/mol. The van der Waals surface area contributed by atoms with E-state index in [4.69, 9.17) is 23.2 Å². The normalized spacial score (nSPS) is 14.8. The lowest BCUT2D eigenvalue weighted by molar-refractivity contribution is -0.116. The van der Waals surface area contributed by atoms with Gasteiger partial charge >= 0.3 is 0 Å². The number of rotatable bonds is 6. The Morgan fingerprint density at radius 3 is 2.26 bits per heavy atom. The molecule has 0 aromatic heterocycles. The number of sulfonamides is 1. The van der Waals surface area contributed by atoms with Crippen molar-refractivity contribution in [3.05, 3.63) is 58.1 Å². The number of halogens is 2. The van der Waals surface area contributed by atoms with E-state index in [-0.39, 0.29) is 11.4 Å². The molecule has 2 aromatic rings. The molecule has 0 radical (unpaired) electrons. The molecule has 1 heterocycles. The van der Waals surface area contributed by atoms with Crippen molar-refractivity contribution in [1.29, 1.82) is 0 Å². The Morgan fingerprint density at radius 1 is 1.00 bits per heavy atom. The number of carbonyl (C=O) groups excluding carboxylic acids is 2. The van der Waals surface area contributed by atoms with Gasteiger partial charge in [0.05, 0.1) is 21.5 Å². The molecule has 10 heteroatoms. The van der Waals surface area contributed by atoms with E-state index in [0.717, 1.165) is 19.3 Å². The lowest BCUT2D eigenvalue weighted by atomic mass is 10.2. The highest BCUT2D eigenvalue weighted by Gasteiger charge is 2.26. The summed E-state index contributed by atoms with van der Waals surface area (Å²) in [5.41, 5.74) is 0.759. The van der Waals surface area contributed by atoms with Gasteiger partial charge in [-0.15, -0.1) is 0 Å². The van der Waals surface area contributed by atoms with Crippen LogP contribution in [0.2, 0.25) is 10.0 Å². The van der Waals surface area contributed by atoms with Gasteiger partial charge in [0, 0.05) is 31.4 Å². The van der Waals surface area contributed by atoms with Gasteiger partial charge in [-0.3, -0.25) is 9.59 Å². The molecule has 1 aliphatic heterocycles. The quantitative estimate of drug-likeness (QED) is 0.675. The number of hydrogen-bond acceptors (Lipinski definition) is 4. The second-order valence-corrected chi connectivity index (χ2v) is 10.1. The van der Waals surface area contributed by atoms with Crippen LogP contribution in [0.1, 0.15) is 29.6 Å². The van der Waals surface area contributed by atoms with E-state index in [0.29, 0.717) is 34.4 Å². The first-order valence-corrected chi connectivity index (χ1v) is 12.0. The first-order valence-electron chi connectivity index (χ1n) is 9.79. The first-order chi connectivity index (χ1) is 14.7. The van der Waals surface area contributed by atoms with Gasteiger partial charge < -0.3 is 10.2 Å². The van der Waals surface area contributed by atoms with Gasteiger partial charge in [0.1, 0.15) is 0 Å². The number of hydrogen-bond donors (Lipinski definition) is 1. The van der Waals surface area contributed by atoms with E-state index in [1.165, 1.54) is 46.6 Å². The van der Waals surface area contributed by atoms with Crippen LogP contribution >= 0.6 is 23.2 Å². The van der Waals surface area contributed by atoms with Crippen molar-refractivity contribution in [3.8, 4) is 0 Å². The zero-order chi connectivity index (χ0) is 22.6. The maximum atomic E-state index is 12.7. The zero-order valence-electron chi connectivity index (χ0n) is 17.0. The Labute approximate surface area is 192 Å². The van der Waals surface area contributed by atoms with Crippen LogP contribution in [0, 0.1) is 0 Å². The molecule has 2 amide bonds. The number of anilines is 1. The largest absolute Gasteiger partial charge is 0.332 e. The third-order valence-electron chi connectivity index (χ3n) is 4.98. The van der Waals surface area contributed by atoms with Crippen LogP contribution in [-0.4, -0.2) is 56.1 Å². The predicted molar refractivity (Wildman–Crippen MR) is 121 cm³/mol. The number of nitrogens with zero attached hydrogens (tertiary/aromatic N) is 2. The number of amides is 2. The minimum absolute atomic E-state index is 0.158. The Balaban J connectivity index is 1.62. The fourth-order valence-corrected chi connectivity index (χ4v) is 5.12. The highest BCUT2D eigenvalue weighted by atomic mass is 35.5. The SMILES string of the molecule is CN(CC(=O)Nc1ccc(Cl)c(Cl)c1)C(=O)c1ccc(S(=O)(=O)N2CCCCC2)cc1. The van der Waals surface area contributed by atoms with Crippen LogP contribution in [0.25, 0.3) is 0 Å². The van der Waals surface area contributed by atoms with Crippen LogP contribution < -0.4 is 5.32 Å². The molecule has 1 aliphatic rings. The maximum absolute atomic E-state index is 12.7. The molecule has 2 aromatic carbocycles. The summed E-state index contributed by atoms with van der Waals surface area (Å²) in [4.78, 5) is 26.3. The van der Waals surface area contributed by atoms with Gasteiger partial charge in [0.25, 0.3) is 5.91 Å². The Kier molecular flexibility index (Phi) is 7.59. The molecular formula is C21H23Cl2N3O4S. The molecule has 0 spiro atoms. The summed E-state index contributed by atoms with van der Waals surface area (Å²) in [5, 5.41) is 3.33. The van der Waals surface area contributed by atoms with Crippen LogP contribution in [-0.2, 0) is 14.8 Å². The molecular weight excluding hydrogens is 461 g/mol. The average molecular weight is 484 g/mol. The Bertz CT molecular complexity index is 1070. The summed E-state index contributed by atoms with van der Waals surface area (Å²) in [5.74, 6) is -0.801. The number of likely N-dealkylation sites (N-methyl/N-ethyl adjacent to an activating group) is 1. The van der Waals surface area contributed by atoms with E-state index in [1.807, 2.05) is 0 Å². The molecule has 0 unspecified atom stereocenters. The second kappa shape index (κ2) is 9.99. The number of carbonyl (C=O) groups is 2. The van der Waals surface area contributed by atoms with Crippen molar-refractivity contribution >= 4 is 50.7 Å². The van der Waals surface area contributed by atoms with E-state index in [9.17, 15) is 18.0 Å². The molecule has 166 valence electrons. The van der Waals surface area contributed by atoms with Gasteiger partial charge in [-0.1, -0.05) is 29.6 Å². The molecule has 1 saturated heterocycles. The summed E-state index contributed by atoms with van der Waals surface area (Å²) in [6, 6.07) is 10.5. The molecule has 0 aliphatic carbocycles. The fraction of sp³-hybridized carbons (Fsp3) is 0.333. The third kappa shape index (κ3) is 5.77. The van der Waals surface area contributed by atoms with E-state index >= 15 is 0 Å². The molecule has 1 N–H and O–H groups in total. The van der Waals surface area contributed by atoms with E-state index < -0.39 is 21.8 Å². The van der Waals surface area contributed by atoms with Crippen molar-refractivity contribution in [2.24, 2.45) is 0 Å². The molecule has 0 saturated carbocycles. The molecule has 31 heavy (non-hydrogen) atoms. The Hall–Kier alpha value is -2.13. The van der Waals surface area contributed by atoms with Crippen molar-refractivity contribution in [2.75, 3.05) is 32.0 Å². The highest BCUT2D eigenvalue weighted by molar-refractivity contribution is 7.89. The molecule has 3 rings (SSSR count). The zero-order valence-corrected chi connectivity index (χ0v) is 19.3. The average Bonchev–Trinajstić information content (AvgIpc) is 2.76. The summed E-state index contributed by atoms with van der Waals surface area (Å²) in [6.45, 7) is 0.840. The molecule has 0 atom stereocenters. The Morgan fingerprint density at radius 2 is 1.65 bits per heavy atom. The highest BCUT2D eigenvalue weighted by Crippen LogP contribution is 2.25.